The smallest absolute Gasteiger partial charge is 0.213 e. The lowest BCUT2D eigenvalue weighted by Crippen LogP contribution is -2.44. The molecular formula is C14H20N2O3. The summed E-state index contributed by atoms with van der Waals surface area (Å²) in [5.74, 6) is 0.381. The molecule has 0 radical (unpaired) electrons. The molecule has 5 nitrogen and oxygen atoms in total. The Morgan fingerprint density at radius 2 is 2.00 bits per heavy atom. The van der Waals surface area contributed by atoms with E-state index in [1.165, 1.54) is 0 Å². The highest BCUT2D eigenvalue weighted by molar-refractivity contribution is 5.15. The van der Waals surface area contributed by atoms with Crippen LogP contribution in [-0.4, -0.2) is 49.1 Å². The van der Waals surface area contributed by atoms with Gasteiger partial charge in [0.25, 0.3) is 0 Å². The van der Waals surface area contributed by atoms with Gasteiger partial charge >= 0.3 is 0 Å². The summed E-state index contributed by atoms with van der Waals surface area (Å²) in [5.41, 5.74) is 1.04. The maximum atomic E-state index is 5.73. The van der Waals surface area contributed by atoms with Crippen LogP contribution in [0.25, 0.3) is 0 Å². The fourth-order valence-corrected chi connectivity index (χ4v) is 2.73. The molecular weight excluding hydrogens is 244 g/mol. The van der Waals surface area contributed by atoms with Gasteiger partial charge in [0.1, 0.15) is 0 Å². The molecule has 19 heavy (non-hydrogen) atoms. The third-order valence-electron chi connectivity index (χ3n) is 3.81. The van der Waals surface area contributed by atoms with Gasteiger partial charge in [-0.3, -0.25) is 4.90 Å². The van der Waals surface area contributed by atoms with E-state index in [-0.39, 0.29) is 5.79 Å². The van der Waals surface area contributed by atoms with E-state index in [1.807, 2.05) is 18.2 Å². The highest BCUT2D eigenvalue weighted by Gasteiger charge is 2.39. The summed E-state index contributed by atoms with van der Waals surface area (Å²) in [7, 11) is 1.64. The van der Waals surface area contributed by atoms with Crippen molar-refractivity contribution < 1.29 is 14.2 Å². The van der Waals surface area contributed by atoms with Crippen molar-refractivity contribution in [1.82, 2.24) is 9.88 Å². The van der Waals surface area contributed by atoms with Gasteiger partial charge < -0.3 is 14.2 Å². The van der Waals surface area contributed by atoms with Gasteiger partial charge in [-0.1, -0.05) is 6.07 Å². The van der Waals surface area contributed by atoms with E-state index in [4.69, 9.17) is 14.2 Å². The Morgan fingerprint density at radius 3 is 2.68 bits per heavy atom. The van der Waals surface area contributed by atoms with Gasteiger partial charge in [0.15, 0.2) is 5.79 Å². The molecule has 0 saturated carbocycles. The average Bonchev–Trinajstić information content (AvgIpc) is 2.90. The average molecular weight is 264 g/mol. The summed E-state index contributed by atoms with van der Waals surface area (Å²) in [6.45, 7) is 4.29. The topological polar surface area (TPSA) is 43.8 Å². The lowest BCUT2D eigenvalue weighted by Gasteiger charge is -2.37. The summed E-state index contributed by atoms with van der Waals surface area (Å²) < 4.78 is 16.6. The van der Waals surface area contributed by atoms with Crippen molar-refractivity contribution in [3.8, 4) is 5.88 Å². The van der Waals surface area contributed by atoms with Crippen LogP contribution in [0.4, 0.5) is 0 Å². The highest BCUT2D eigenvalue weighted by Crippen LogP contribution is 2.31. The van der Waals surface area contributed by atoms with Gasteiger partial charge in [0.2, 0.25) is 5.88 Å². The number of methoxy groups -OCH3 is 1. The van der Waals surface area contributed by atoms with Crippen molar-refractivity contribution in [1.29, 1.82) is 0 Å². The zero-order valence-electron chi connectivity index (χ0n) is 11.3. The summed E-state index contributed by atoms with van der Waals surface area (Å²) in [5, 5.41) is 0. The van der Waals surface area contributed by atoms with Crippen LogP contribution in [0.2, 0.25) is 0 Å². The first kappa shape index (κ1) is 12.8. The van der Waals surface area contributed by atoms with Crippen LogP contribution in [0.5, 0.6) is 5.88 Å². The quantitative estimate of drug-likeness (QED) is 0.826. The van der Waals surface area contributed by atoms with E-state index in [0.29, 0.717) is 5.88 Å². The first-order valence-corrected chi connectivity index (χ1v) is 6.80. The summed E-state index contributed by atoms with van der Waals surface area (Å²) in [6, 6.07) is 5.89. The third kappa shape index (κ3) is 2.88. The monoisotopic (exact) mass is 264 g/mol. The zero-order chi connectivity index (χ0) is 13.1. The molecule has 2 saturated heterocycles. The largest absolute Gasteiger partial charge is 0.481 e. The number of ether oxygens (including phenoxy) is 3. The van der Waals surface area contributed by atoms with Gasteiger partial charge in [-0.05, 0) is 6.07 Å². The molecule has 3 rings (SSSR count). The molecule has 3 heterocycles. The Bertz CT molecular complexity index is 422. The second-order valence-electron chi connectivity index (χ2n) is 5.06. The lowest BCUT2D eigenvalue weighted by molar-refractivity contribution is -0.185. The first-order chi connectivity index (χ1) is 9.30. The number of hydrogen-bond acceptors (Lipinski definition) is 5. The molecule has 0 N–H and O–H groups in total. The first-order valence-electron chi connectivity index (χ1n) is 6.80. The van der Waals surface area contributed by atoms with Crippen molar-refractivity contribution in [2.45, 2.75) is 25.2 Å². The minimum atomic E-state index is -0.293. The Hall–Kier alpha value is -1.17. The fourth-order valence-electron chi connectivity index (χ4n) is 2.73. The van der Waals surface area contributed by atoms with Crippen LogP contribution in [0.3, 0.4) is 0 Å². The standard InChI is InChI=1S/C14H20N2O3/c1-17-13-4-2-3-12(15-13)11-16-7-5-14(6-8-16)18-9-10-19-14/h2-4H,5-11H2,1H3. The molecule has 1 aromatic heterocycles. The van der Waals surface area contributed by atoms with Crippen LogP contribution < -0.4 is 4.74 Å². The van der Waals surface area contributed by atoms with Gasteiger partial charge in [-0.25, -0.2) is 4.98 Å². The van der Waals surface area contributed by atoms with Crippen molar-refractivity contribution in [3.63, 3.8) is 0 Å². The summed E-state index contributed by atoms with van der Waals surface area (Å²) >= 11 is 0. The number of piperidine rings is 1. The van der Waals surface area contributed by atoms with Gasteiger partial charge in [0, 0.05) is 38.5 Å². The Labute approximate surface area is 113 Å². The van der Waals surface area contributed by atoms with Crippen molar-refractivity contribution in [2.75, 3.05) is 33.4 Å². The second kappa shape index (κ2) is 5.45. The molecule has 104 valence electrons. The van der Waals surface area contributed by atoms with Crippen molar-refractivity contribution in [2.24, 2.45) is 0 Å². The number of rotatable bonds is 3. The minimum absolute atomic E-state index is 0.293. The highest BCUT2D eigenvalue weighted by atomic mass is 16.7. The van der Waals surface area contributed by atoms with E-state index >= 15 is 0 Å². The molecule has 0 amide bonds. The van der Waals surface area contributed by atoms with E-state index in [0.717, 1.165) is 51.4 Å². The maximum Gasteiger partial charge on any atom is 0.213 e. The number of nitrogens with zero attached hydrogens (tertiary/aromatic N) is 2. The van der Waals surface area contributed by atoms with Gasteiger partial charge in [0.05, 0.1) is 26.0 Å². The second-order valence-corrected chi connectivity index (χ2v) is 5.06. The lowest BCUT2D eigenvalue weighted by atomic mass is 10.0. The molecule has 1 aromatic rings. The molecule has 0 bridgehead atoms. The zero-order valence-corrected chi connectivity index (χ0v) is 11.3. The molecule has 0 atom stereocenters. The molecule has 0 unspecified atom stereocenters. The normalized spacial score (nSPS) is 22.8. The Balaban J connectivity index is 1.56. The summed E-state index contributed by atoms with van der Waals surface area (Å²) in [6.07, 6.45) is 1.88. The molecule has 0 aromatic carbocycles. The molecule has 2 aliphatic rings. The molecule has 2 fully saturated rings. The van der Waals surface area contributed by atoms with E-state index in [1.54, 1.807) is 7.11 Å². The number of aromatic nitrogens is 1. The van der Waals surface area contributed by atoms with Crippen LogP contribution >= 0.6 is 0 Å². The van der Waals surface area contributed by atoms with Gasteiger partial charge in [-0.2, -0.15) is 0 Å². The summed E-state index contributed by atoms with van der Waals surface area (Å²) in [4.78, 5) is 6.83. The number of hydrogen-bond donors (Lipinski definition) is 0. The van der Waals surface area contributed by atoms with Crippen LogP contribution in [0.15, 0.2) is 18.2 Å². The molecule has 5 heteroatoms. The van der Waals surface area contributed by atoms with E-state index in [9.17, 15) is 0 Å². The predicted octanol–water partition coefficient (Wildman–Crippen LogP) is 1.43. The van der Waals surface area contributed by atoms with E-state index in [2.05, 4.69) is 9.88 Å². The van der Waals surface area contributed by atoms with E-state index < -0.39 is 0 Å². The predicted molar refractivity (Wildman–Crippen MR) is 69.9 cm³/mol. The Morgan fingerprint density at radius 1 is 1.26 bits per heavy atom. The molecule has 2 aliphatic heterocycles. The number of likely N-dealkylation sites (tertiary alicyclic amines) is 1. The maximum absolute atomic E-state index is 5.73. The molecule has 1 spiro atoms. The van der Waals surface area contributed by atoms with Crippen LogP contribution in [0, 0.1) is 0 Å². The fraction of sp³-hybridized carbons (Fsp3) is 0.643. The number of pyridine rings is 1. The van der Waals surface area contributed by atoms with Crippen LogP contribution in [0.1, 0.15) is 18.5 Å². The minimum Gasteiger partial charge on any atom is -0.481 e. The van der Waals surface area contributed by atoms with Crippen LogP contribution in [-0.2, 0) is 16.0 Å². The van der Waals surface area contributed by atoms with Gasteiger partial charge in [-0.15, -0.1) is 0 Å². The Kier molecular flexibility index (Phi) is 3.68. The SMILES string of the molecule is COc1cccc(CN2CCC3(CC2)OCCO3)n1. The third-order valence-corrected chi connectivity index (χ3v) is 3.81. The van der Waals surface area contributed by atoms with Crippen molar-refractivity contribution in [3.05, 3.63) is 23.9 Å². The van der Waals surface area contributed by atoms with Crippen molar-refractivity contribution >= 4 is 0 Å². The molecule has 0 aliphatic carbocycles.